The van der Waals surface area contributed by atoms with Gasteiger partial charge >= 0.3 is 0 Å². The van der Waals surface area contributed by atoms with Crippen LogP contribution in [-0.2, 0) is 4.74 Å². The number of carbonyl (C=O) groups excluding carboxylic acids is 1. The number of methoxy groups -OCH3 is 1. The second-order valence-corrected chi connectivity index (χ2v) is 6.32. The van der Waals surface area contributed by atoms with Crippen molar-refractivity contribution in [3.8, 4) is 0 Å². The summed E-state index contributed by atoms with van der Waals surface area (Å²) in [6, 6.07) is 4.18. The van der Waals surface area contributed by atoms with Gasteiger partial charge in [0.1, 0.15) is 5.82 Å². The zero-order valence-electron chi connectivity index (χ0n) is 14.1. The van der Waals surface area contributed by atoms with E-state index in [9.17, 15) is 4.79 Å². The molecule has 1 aliphatic rings. The molecule has 5 nitrogen and oxygen atoms in total. The first-order chi connectivity index (χ1) is 10.5. The highest BCUT2D eigenvalue weighted by molar-refractivity contribution is 5.94. The molecule has 0 aliphatic carbocycles. The van der Waals surface area contributed by atoms with Crippen LogP contribution in [0.3, 0.4) is 0 Å². The maximum absolute atomic E-state index is 12.6. The molecule has 0 spiro atoms. The molecule has 22 heavy (non-hydrogen) atoms. The van der Waals surface area contributed by atoms with Gasteiger partial charge in [0.15, 0.2) is 0 Å². The molecule has 1 saturated heterocycles. The van der Waals surface area contributed by atoms with E-state index in [0.717, 1.165) is 38.4 Å². The lowest BCUT2D eigenvalue weighted by molar-refractivity contribution is 0.0570. The van der Waals surface area contributed by atoms with Gasteiger partial charge < -0.3 is 14.5 Å². The van der Waals surface area contributed by atoms with Gasteiger partial charge in [-0.15, -0.1) is 0 Å². The van der Waals surface area contributed by atoms with Crippen molar-refractivity contribution in [1.82, 2.24) is 9.88 Å². The Morgan fingerprint density at radius 1 is 1.50 bits per heavy atom. The number of hydrogen-bond acceptors (Lipinski definition) is 4. The molecular formula is C17H27N3O2. The Bertz CT molecular complexity index is 485. The topological polar surface area (TPSA) is 45.7 Å². The molecule has 0 N–H and O–H groups in total. The van der Waals surface area contributed by atoms with Crippen molar-refractivity contribution >= 4 is 11.7 Å². The Balaban J connectivity index is 2.03. The molecule has 1 aromatic rings. The van der Waals surface area contributed by atoms with Gasteiger partial charge in [-0.3, -0.25) is 4.79 Å². The zero-order valence-corrected chi connectivity index (χ0v) is 14.1. The zero-order chi connectivity index (χ0) is 16.1. The smallest absolute Gasteiger partial charge is 0.255 e. The summed E-state index contributed by atoms with van der Waals surface area (Å²) >= 11 is 0. The van der Waals surface area contributed by atoms with Crippen molar-refractivity contribution in [2.24, 2.45) is 5.92 Å². The van der Waals surface area contributed by atoms with Gasteiger partial charge in [-0.05, 0) is 44.7 Å². The number of amides is 1. The van der Waals surface area contributed by atoms with E-state index in [1.165, 1.54) is 0 Å². The SMILES string of the molecule is COC[C@@H]1CCCN(C(=O)c2ccc(N(C)C(C)C)nc2)C1. The highest BCUT2D eigenvalue weighted by Gasteiger charge is 2.24. The molecule has 1 atom stereocenters. The third kappa shape index (κ3) is 3.97. The minimum Gasteiger partial charge on any atom is -0.384 e. The summed E-state index contributed by atoms with van der Waals surface area (Å²) in [5.41, 5.74) is 0.666. The Morgan fingerprint density at radius 2 is 2.27 bits per heavy atom. The Kier molecular flexibility index (Phi) is 5.77. The lowest BCUT2D eigenvalue weighted by Gasteiger charge is -2.32. The van der Waals surface area contributed by atoms with Crippen LogP contribution in [0.25, 0.3) is 0 Å². The predicted molar refractivity (Wildman–Crippen MR) is 88.3 cm³/mol. The molecule has 2 heterocycles. The molecule has 1 aliphatic heterocycles. The highest BCUT2D eigenvalue weighted by Crippen LogP contribution is 2.19. The fraction of sp³-hybridized carbons (Fsp3) is 0.647. The van der Waals surface area contributed by atoms with Gasteiger partial charge in [0.05, 0.1) is 12.2 Å². The van der Waals surface area contributed by atoms with Crippen molar-refractivity contribution in [3.63, 3.8) is 0 Å². The van der Waals surface area contributed by atoms with Gasteiger partial charge in [-0.1, -0.05) is 0 Å². The molecule has 1 amide bonds. The predicted octanol–water partition coefficient (Wildman–Crippen LogP) is 2.42. The molecular weight excluding hydrogens is 278 g/mol. The van der Waals surface area contributed by atoms with E-state index in [1.807, 2.05) is 24.1 Å². The van der Waals surface area contributed by atoms with Gasteiger partial charge in [-0.2, -0.15) is 0 Å². The van der Waals surface area contributed by atoms with Gasteiger partial charge in [0, 0.05) is 39.5 Å². The van der Waals surface area contributed by atoms with Crippen molar-refractivity contribution in [1.29, 1.82) is 0 Å². The molecule has 5 heteroatoms. The van der Waals surface area contributed by atoms with Crippen LogP contribution in [0.1, 0.15) is 37.0 Å². The maximum atomic E-state index is 12.6. The standard InChI is InChI=1S/C17H27N3O2/c1-13(2)19(3)16-8-7-15(10-18-16)17(21)20-9-5-6-14(11-20)12-22-4/h7-8,10,13-14H,5-6,9,11-12H2,1-4H3/t14-/m1/s1. The maximum Gasteiger partial charge on any atom is 0.255 e. The second kappa shape index (κ2) is 7.58. The van der Waals surface area contributed by atoms with Crippen molar-refractivity contribution < 1.29 is 9.53 Å². The summed E-state index contributed by atoms with van der Waals surface area (Å²) in [6.07, 6.45) is 3.87. The number of anilines is 1. The Labute approximate surface area is 133 Å². The normalized spacial score (nSPS) is 18.6. The monoisotopic (exact) mass is 305 g/mol. The fourth-order valence-corrected chi connectivity index (χ4v) is 2.79. The van der Waals surface area contributed by atoms with Crippen molar-refractivity contribution in [3.05, 3.63) is 23.9 Å². The third-order valence-corrected chi connectivity index (χ3v) is 4.34. The molecule has 2 rings (SSSR count). The number of nitrogens with zero attached hydrogens (tertiary/aromatic N) is 3. The number of pyridine rings is 1. The summed E-state index contributed by atoms with van der Waals surface area (Å²) in [5, 5.41) is 0. The number of piperidine rings is 1. The lowest BCUT2D eigenvalue weighted by Crippen LogP contribution is -2.41. The molecule has 0 aromatic carbocycles. The van der Waals surface area contributed by atoms with E-state index in [-0.39, 0.29) is 5.91 Å². The minimum atomic E-state index is 0.0760. The molecule has 122 valence electrons. The molecule has 0 bridgehead atoms. The van der Waals surface area contributed by atoms with Crippen LogP contribution >= 0.6 is 0 Å². The van der Waals surface area contributed by atoms with Gasteiger partial charge in [0.2, 0.25) is 0 Å². The van der Waals surface area contributed by atoms with E-state index in [1.54, 1.807) is 13.3 Å². The average molecular weight is 305 g/mol. The summed E-state index contributed by atoms with van der Waals surface area (Å²) in [6.45, 7) is 6.56. The van der Waals surface area contributed by atoms with E-state index in [2.05, 4.69) is 23.7 Å². The van der Waals surface area contributed by atoms with Crippen LogP contribution in [0.15, 0.2) is 18.3 Å². The molecule has 0 saturated carbocycles. The first-order valence-corrected chi connectivity index (χ1v) is 8.00. The third-order valence-electron chi connectivity index (χ3n) is 4.34. The first kappa shape index (κ1) is 16.7. The van der Waals surface area contributed by atoms with E-state index >= 15 is 0 Å². The van der Waals surface area contributed by atoms with Crippen LogP contribution < -0.4 is 4.90 Å². The van der Waals surface area contributed by atoms with Gasteiger partial charge in [-0.25, -0.2) is 4.98 Å². The average Bonchev–Trinajstić information content (AvgIpc) is 2.54. The molecule has 0 radical (unpaired) electrons. The van der Waals surface area contributed by atoms with E-state index < -0.39 is 0 Å². The van der Waals surface area contributed by atoms with Crippen LogP contribution in [0.2, 0.25) is 0 Å². The highest BCUT2D eigenvalue weighted by atomic mass is 16.5. The molecule has 1 fully saturated rings. The number of likely N-dealkylation sites (tertiary alicyclic amines) is 1. The summed E-state index contributed by atoms with van der Waals surface area (Å²) in [4.78, 5) is 21.0. The fourth-order valence-electron chi connectivity index (χ4n) is 2.79. The van der Waals surface area contributed by atoms with Crippen molar-refractivity contribution in [2.45, 2.75) is 32.7 Å². The quantitative estimate of drug-likeness (QED) is 0.838. The summed E-state index contributed by atoms with van der Waals surface area (Å²) < 4.78 is 5.22. The van der Waals surface area contributed by atoms with Crippen LogP contribution in [0.4, 0.5) is 5.82 Å². The minimum absolute atomic E-state index is 0.0760. The number of hydrogen-bond donors (Lipinski definition) is 0. The largest absolute Gasteiger partial charge is 0.384 e. The van der Waals surface area contributed by atoms with E-state index in [4.69, 9.17) is 4.74 Å². The number of aromatic nitrogens is 1. The number of ether oxygens (including phenoxy) is 1. The summed E-state index contributed by atoms with van der Waals surface area (Å²) in [7, 11) is 3.73. The van der Waals surface area contributed by atoms with Crippen LogP contribution in [-0.4, -0.2) is 55.7 Å². The van der Waals surface area contributed by atoms with Crippen LogP contribution in [0, 0.1) is 5.92 Å². The second-order valence-electron chi connectivity index (χ2n) is 6.32. The number of rotatable bonds is 5. The summed E-state index contributed by atoms with van der Waals surface area (Å²) in [5.74, 6) is 1.41. The Morgan fingerprint density at radius 3 is 2.86 bits per heavy atom. The van der Waals surface area contributed by atoms with Crippen LogP contribution in [0.5, 0.6) is 0 Å². The Hall–Kier alpha value is -1.62. The van der Waals surface area contributed by atoms with Crippen molar-refractivity contribution in [2.75, 3.05) is 38.8 Å². The van der Waals surface area contributed by atoms with E-state index in [0.29, 0.717) is 17.5 Å². The van der Waals surface area contributed by atoms with Gasteiger partial charge in [0.25, 0.3) is 5.91 Å². The number of carbonyl (C=O) groups is 1. The molecule has 0 unspecified atom stereocenters. The lowest BCUT2D eigenvalue weighted by atomic mass is 9.98. The first-order valence-electron chi connectivity index (χ1n) is 8.00. The molecule has 1 aromatic heterocycles.